The van der Waals surface area contributed by atoms with Crippen LogP contribution in [0.5, 0.6) is 11.5 Å². The molecule has 0 saturated heterocycles. The first kappa shape index (κ1) is 31.2. The number of hydrogen-bond donors (Lipinski definition) is 3. The van der Waals surface area contributed by atoms with Crippen molar-refractivity contribution in [2.24, 2.45) is 5.92 Å². The number of halogens is 2. The Balaban J connectivity index is 1.62. The second-order valence-corrected chi connectivity index (χ2v) is 10.9. The molecule has 4 rings (SSSR count). The standard InChI is InChI=1S/C29H32F2N4O8/c1-15(34-28(39)43-29(2,3)4)23-20(13-33-24(36)19-11-18(26(37)38)9-10-32-19)35-25(42-23)17-7-8-21(41-27(30)31)22(12-17)40-14-16-5-6-16/h7-12,15-16,27H,5-6,13-14H2,1-4H3,(H,33,36)(H,34,39)(H,37,38)/t15-/m0/s1. The number of carboxylic acid groups (broad SMARTS) is 1. The molecule has 43 heavy (non-hydrogen) atoms. The van der Waals surface area contributed by atoms with E-state index in [0.29, 0.717) is 18.1 Å². The second kappa shape index (κ2) is 13.0. The number of carbonyl (C=O) groups excluding carboxylic acids is 2. The number of oxazole rings is 1. The van der Waals surface area contributed by atoms with Crippen molar-refractivity contribution >= 4 is 18.0 Å². The van der Waals surface area contributed by atoms with Gasteiger partial charge in [-0.2, -0.15) is 8.78 Å². The van der Waals surface area contributed by atoms with Crippen molar-refractivity contribution in [1.82, 2.24) is 20.6 Å². The van der Waals surface area contributed by atoms with Crippen LogP contribution < -0.4 is 20.1 Å². The predicted octanol–water partition coefficient (Wildman–Crippen LogP) is 5.34. The van der Waals surface area contributed by atoms with Gasteiger partial charge < -0.3 is 34.4 Å². The van der Waals surface area contributed by atoms with Crippen molar-refractivity contribution in [3.63, 3.8) is 0 Å². The number of nitrogens with zero attached hydrogens (tertiary/aromatic N) is 2. The van der Waals surface area contributed by atoms with Crippen molar-refractivity contribution in [2.75, 3.05) is 6.61 Å². The highest BCUT2D eigenvalue weighted by Gasteiger charge is 2.27. The maximum absolute atomic E-state index is 13.0. The third-order valence-electron chi connectivity index (χ3n) is 6.09. The van der Waals surface area contributed by atoms with E-state index in [4.69, 9.17) is 13.9 Å². The van der Waals surface area contributed by atoms with E-state index in [-0.39, 0.29) is 46.6 Å². The first-order valence-corrected chi connectivity index (χ1v) is 13.5. The summed E-state index contributed by atoms with van der Waals surface area (Å²) in [5.74, 6) is -1.36. The molecule has 0 radical (unpaired) electrons. The molecule has 1 atom stereocenters. The molecule has 2 heterocycles. The van der Waals surface area contributed by atoms with E-state index in [2.05, 4.69) is 25.3 Å². The van der Waals surface area contributed by atoms with Crippen LogP contribution in [0.2, 0.25) is 0 Å². The van der Waals surface area contributed by atoms with Crippen LogP contribution in [0.4, 0.5) is 13.6 Å². The highest BCUT2D eigenvalue weighted by atomic mass is 19.3. The monoisotopic (exact) mass is 602 g/mol. The molecule has 0 unspecified atom stereocenters. The van der Waals surface area contributed by atoms with Gasteiger partial charge in [0.25, 0.3) is 5.91 Å². The summed E-state index contributed by atoms with van der Waals surface area (Å²) in [6.45, 7) is 3.86. The van der Waals surface area contributed by atoms with Gasteiger partial charge in [0, 0.05) is 11.8 Å². The van der Waals surface area contributed by atoms with Gasteiger partial charge in [0.05, 0.1) is 24.8 Å². The molecule has 0 spiro atoms. The fraction of sp³-hybridized carbons (Fsp3) is 0.414. The predicted molar refractivity (Wildman–Crippen MR) is 147 cm³/mol. The lowest BCUT2D eigenvalue weighted by atomic mass is 10.2. The van der Waals surface area contributed by atoms with Gasteiger partial charge in [-0.15, -0.1) is 0 Å². The van der Waals surface area contributed by atoms with Gasteiger partial charge in [-0.1, -0.05) is 0 Å². The number of carboxylic acids is 1. The van der Waals surface area contributed by atoms with E-state index in [1.54, 1.807) is 27.7 Å². The van der Waals surface area contributed by atoms with Crippen LogP contribution >= 0.6 is 0 Å². The number of amides is 2. The third-order valence-corrected chi connectivity index (χ3v) is 6.09. The van der Waals surface area contributed by atoms with Crippen molar-refractivity contribution in [3.05, 3.63) is 59.2 Å². The molecular formula is C29H32F2N4O8. The first-order chi connectivity index (χ1) is 20.3. The van der Waals surface area contributed by atoms with Gasteiger partial charge in [-0.3, -0.25) is 9.78 Å². The Hall–Kier alpha value is -4.75. The van der Waals surface area contributed by atoms with Crippen LogP contribution in [0.15, 0.2) is 40.9 Å². The maximum atomic E-state index is 13.0. The minimum absolute atomic E-state index is 0.0583. The SMILES string of the molecule is C[C@H](NC(=O)OC(C)(C)C)c1oc(-c2ccc(OC(F)F)c(OCC3CC3)c2)nc1CNC(=O)c1cc(C(=O)O)ccn1. The van der Waals surface area contributed by atoms with Crippen molar-refractivity contribution in [2.45, 2.75) is 65.3 Å². The highest BCUT2D eigenvalue weighted by molar-refractivity contribution is 5.95. The Bertz CT molecular complexity index is 1480. The summed E-state index contributed by atoms with van der Waals surface area (Å²) in [6, 6.07) is 5.86. The maximum Gasteiger partial charge on any atom is 0.408 e. The number of alkyl halides is 2. The van der Waals surface area contributed by atoms with Gasteiger partial charge in [0.2, 0.25) is 5.89 Å². The quantitative estimate of drug-likeness (QED) is 0.247. The second-order valence-electron chi connectivity index (χ2n) is 10.9. The highest BCUT2D eigenvalue weighted by Crippen LogP contribution is 2.37. The molecule has 1 aromatic carbocycles. The fourth-order valence-corrected chi connectivity index (χ4v) is 3.88. The van der Waals surface area contributed by atoms with E-state index < -0.39 is 36.2 Å². The first-order valence-electron chi connectivity index (χ1n) is 13.5. The summed E-state index contributed by atoms with van der Waals surface area (Å²) in [7, 11) is 0. The molecule has 230 valence electrons. The molecule has 12 nitrogen and oxygen atoms in total. The molecule has 2 aromatic heterocycles. The summed E-state index contributed by atoms with van der Waals surface area (Å²) < 4.78 is 47.7. The summed E-state index contributed by atoms with van der Waals surface area (Å²) >= 11 is 0. The minimum Gasteiger partial charge on any atom is -0.489 e. The molecule has 0 bridgehead atoms. The number of nitrogens with one attached hydrogen (secondary N) is 2. The normalized spacial score (nSPS) is 13.7. The zero-order valence-corrected chi connectivity index (χ0v) is 24.0. The molecule has 1 aliphatic carbocycles. The van der Waals surface area contributed by atoms with Gasteiger partial charge in [-0.25, -0.2) is 14.6 Å². The zero-order chi connectivity index (χ0) is 31.3. The summed E-state index contributed by atoms with van der Waals surface area (Å²) in [6.07, 6.45) is 2.46. The zero-order valence-electron chi connectivity index (χ0n) is 24.0. The van der Waals surface area contributed by atoms with Crippen molar-refractivity contribution in [3.8, 4) is 23.0 Å². The molecule has 1 aliphatic rings. The molecule has 14 heteroatoms. The summed E-state index contributed by atoms with van der Waals surface area (Å²) in [4.78, 5) is 44.9. The average molecular weight is 603 g/mol. The van der Waals surface area contributed by atoms with Gasteiger partial charge in [0.1, 0.15) is 17.0 Å². The van der Waals surface area contributed by atoms with Crippen LogP contribution in [-0.2, 0) is 11.3 Å². The Kier molecular flexibility index (Phi) is 9.46. The topological polar surface area (TPSA) is 162 Å². The largest absolute Gasteiger partial charge is 0.489 e. The molecular weight excluding hydrogens is 570 g/mol. The lowest BCUT2D eigenvalue weighted by Crippen LogP contribution is -2.34. The number of ether oxygens (including phenoxy) is 3. The lowest BCUT2D eigenvalue weighted by Gasteiger charge is -2.21. The number of rotatable bonds is 12. The number of benzene rings is 1. The Morgan fingerprint density at radius 2 is 1.88 bits per heavy atom. The molecule has 3 N–H and O–H groups in total. The van der Waals surface area contributed by atoms with Crippen LogP contribution in [-0.4, -0.2) is 51.9 Å². The molecule has 1 saturated carbocycles. The van der Waals surface area contributed by atoms with E-state index in [1.807, 2.05) is 0 Å². The van der Waals surface area contributed by atoms with E-state index in [1.165, 1.54) is 30.5 Å². The van der Waals surface area contributed by atoms with Gasteiger partial charge in [-0.05, 0) is 76.8 Å². The van der Waals surface area contributed by atoms with Gasteiger partial charge >= 0.3 is 18.7 Å². The van der Waals surface area contributed by atoms with Crippen molar-refractivity contribution < 1.29 is 46.9 Å². The van der Waals surface area contributed by atoms with Crippen LogP contribution in [0.25, 0.3) is 11.5 Å². The van der Waals surface area contributed by atoms with E-state index in [9.17, 15) is 28.3 Å². The van der Waals surface area contributed by atoms with E-state index >= 15 is 0 Å². The number of hydrogen-bond acceptors (Lipinski definition) is 9. The molecule has 0 aliphatic heterocycles. The molecule has 2 amide bonds. The molecule has 3 aromatic rings. The smallest absolute Gasteiger partial charge is 0.408 e. The van der Waals surface area contributed by atoms with Crippen LogP contribution in [0.3, 0.4) is 0 Å². The van der Waals surface area contributed by atoms with Gasteiger partial charge in [0.15, 0.2) is 17.3 Å². The number of aromatic nitrogens is 2. The van der Waals surface area contributed by atoms with Crippen LogP contribution in [0, 0.1) is 5.92 Å². The van der Waals surface area contributed by atoms with E-state index in [0.717, 1.165) is 18.9 Å². The average Bonchev–Trinajstić information content (AvgIpc) is 3.66. The Morgan fingerprint density at radius 1 is 1.14 bits per heavy atom. The Morgan fingerprint density at radius 3 is 2.53 bits per heavy atom. The number of carbonyl (C=O) groups is 3. The van der Waals surface area contributed by atoms with Crippen molar-refractivity contribution in [1.29, 1.82) is 0 Å². The van der Waals surface area contributed by atoms with Crippen LogP contribution in [0.1, 0.15) is 78.9 Å². The Labute approximate surface area is 245 Å². The molecule has 1 fully saturated rings. The fourth-order valence-electron chi connectivity index (χ4n) is 3.88. The summed E-state index contributed by atoms with van der Waals surface area (Å²) in [5.41, 5.74) is -0.402. The number of pyridine rings is 1. The number of aromatic carboxylic acids is 1. The summed E-state index contributed by atoms with van der Waals surface area (Å²) in [5, 5.41) is 14.5. The minimum atomic E-state index is -3.05. The third kappa shape index (κ3) is 8.87. The lowest BCUT2D eigenvalue weighted by molar-refractivity contribution is -0.0515. The number of alkyl carbamates (subject to hydrolysis) is 1.